The van der Waals surface area contributed by atoms with Gasteiger partial charge in [0.2, 0.25) is 0 Å². The van der Waals surface area contributed by atoms with Crippen molar-refractivity contribution in [3.05, 3.63) is 33.6 Å². The molecule has 2 N–H and O–H groups in total. The number of nitrogens with zero attached hydrogens (tertiary/aromatic N) is 1. The van der Waals surface area contributed by atoms with Gasteiger partial charge in [0.1, 0.15) is 11.4 Å². The van der Waals surface area contributed by atoms with Gasteiger partial charge in [-0.25, -0.2) is 4.98 Å². The molecule has 0 unspecified atom stereocenters. The summed E-state index contributed by atoms with van der Waals surface area (Å²) in [7, 11) is 0. The Morgan fingerprint density at radius 2 is 2.16 bits per heavy atom. The fourth-order valence-corrected chi connectivity index (χ4v) is 3.04. The number of benzene rings is 1. The summed E-state index contributed by atoms with van der Waals surface area (Å²) in [6, 6.07) is 4.02. The molecule has 0 atom stereocenters. The first-order valence-electron chi connectivity index (χ1n) is 5.88. The van der Waals surface area contributed by atoms with Crippen molar-refractivity contribution in [1.29, 1.82) is 0 Å². The van der Waals surface area contributed by atoms with E-state index in [0.29, 0.717) is 5.13 Å². The monoisotopic (exact) mass is 336 g/mol. The van der Waals surface area contributed by atoms with E-state index in [4.69, 9.17) is 10.5 Å². The molecule has 0 saturated carbocycles. The molecule has 0 fully saturated rings. The number of anilines is 1. The van der Waals surface area contributed by atoms with Crippen molar-refractivity contribution in [2.75, 3.05) is 5.73 Å². The van der Waals surface area contributed by atoms with Crippen LogP contribution in [0.2, 0.25) is 0 Å². The van der Waals surface area contributed by atoms with Crippen LogP contribution in [0.1, 0.15) is 19.4 Å². The molecule has 0 amide bonds. The van der Waals surface area contributed by atoms with Gasteiger partial charge in [-0.15, -0.1) is 11.3 Å². The van der Waals surface area contributed by atoms with Crippen molar-refractivity contribution < 1.29 is 4.74 Å². The number of thiazole rings is 1. The van der Waals surface area contributed by atoms with E-state index in [1.807, 2.05) is 31.4 Å². The maximum absolute atomic E-state index is 6.10. The molecule has 0 radical (unpaired) electrons. The van der Waals surface area contributed by atoms with Crippen molar-refractivity contribution in [1.82, 2.24) is 4.98 Å². The molecular formula is C14H13BrN2OS. The van der Waals surface area contributed by atoms with Crippen LogP contribution in [0.4, 0.5) is 5.13 Å². The van der Waals surface area contributed by atoms with Crippen LogP contribution in [-0.4, -0.2) is 10.6 Å². The highest BCUT2D eigenvalue weighted by Crippen LogP contribution is 2.43. The topological polar surface area (TPSA) is 48.1 Å². The first-order valence-corrected chi connectivity index (χ1v) is 7.56. The van der Waals surface area contributed by atoms with Crippen molar-refractivity contribution in [3.63, 3.8) is 0 Å². The Labute approximate surface area is 124 Å². The lowest BCUT2D eigenvalue weighted by Crippen LogP contribution is -2.28. The highest BCUT2D eigenvalue weighted by atomic mass is 79.9. The molecule has 1 aliphatic heterocycles. The number of aromatic nitrogens is 1. The Kier molecular flexibility index (Phi) is 2.91. The summed E-state index contributed by atoms with van der Waals surface area (Å²) in [6.45, 7) is 4.07. The minimum absolute atomic E-state index is 0.315. The Morgan fingerprint density at radius 1 is 1.37 bits per heavy atom. The van der Waals surface area contributed by atoms with Gasteiger partial charge < -0.3 is 10.5 Å². The molecule has 0 spiro atoms. The van der Waals surface area contributed by atoms with Crippen molar-refractivity contribution in [2.24, 2.45) is 0 Å². The van der Waals surface area contributed by atoms with Gasteiger partial charge in [0.25, 0.3) is 0 Å². The molecule has 2 aromatic rings. The molecule has 0 saturated heterocycles. The maximum Gasteiger partial charge on any atom is 0.180 e. The largest absolute Gasteiger partial charge is 0.482 e. The summed E-state index contributed by atoms with van der Waals surface area (Å²) in [5, 5.41) is 2.52. The van der Waals surface area contributed by atoms with Gasteiger partial charge in [0.05, 0.1) is 5.69 Å². The second kappa shape index (κ2) is 4.35. The lowest BCUT2D eigenvalue weighted by Gasteiger charge is -2.29. The van der Waals surface area contributed by atoms with E-state index in [0.717, 1.165) is 27.0 Å². The van der Waals surface area contributed by atoms with E-state index >= 15 is 0 Å². The fraction of sp³-hybridized carbons (Fsp3) is 0.214. The molecule has 2 heterocycles. The molecule has 3 rings (SSSR count). The van der Waals surface area contributed by atoms with Gasteiger partial charge in [0.15, 0.2) is 5.13 Å². The van der Waals surface area contributed by atoms with Gasteiger partial charge in [-0.05, 0) is 32.1 Å². The van der Waals surface area contributed by atoms with Crippen LogP contribution in [0, 0.1) is 0 Å². The van der Waals surface area contributed by atoms with Crippen LogP contribution in [-0.2, 0) is 0 Å². The number of hydrogen-bond acceptors (Lipinski definition) is 4. The Morgan fingerprint density at radius 3 is 2.84 bits per heavy atom. The number of halogens is 1. The molecule has 98 valence electrons. The SMILES string of the molecule is CC1(C)C=Cc2c(Br)ccc(-c3csc(N)n3)c2O1. The van der Waals surface area contributed by atoms with Crippen LogP contribution in [0.3, 0.4) is 0 Å². The Hall–Kier alpha value is -1.33. The number of rotatable bonds is 1. The molecule has 0 aliphatic carbocycles. The van der Waals surface area contributed by atoms with Gasteiger partial charge in [-0.2, -0.15) is 0 Å². The highest BCUT2D eigenvalue weighted by molar-refractivity contribution is 9.10. The third-order valence-corrected chi connectivity index (χ3v) is 4.32. The molecule has 1 aromatic carbocycles. The molecule has 0 bridgehead atoms. The minimum Gasteiger partial charge on any atom is -0.482 e. The summed E-state index contributed by atoms with van der Waals surface area (Å²) in [5.41, 5.74) is 8.28. The zero-order valence-electron chi connectivity index (χ0n) is 10.6. The summed E-state index contributed by atoms with van der Waals surface area (Å²) in [5.74, 6) is 0.854. The quantitative estimate of drug-likeness (QED) is 0.842. The van der Waals surface area contributed by atoms with Gasteiger partial charge in [0, 0.05) is 21.0 Å². The van der Waals surface area contributed by atoms with E-state index < -0.39 is 0 Å². The normalized spacial score (nSPS) is 15.9. The minimum atomic E-state index is -0.315. The van der Waals surface area contributed by atoms with Gasteiger partial charge in [-0.1, -0.05) is 22.0 Å². The summed E-state index contributed by atoms with van der Waals surface area (Å²) in [4.78, 5) is 4.34. The first-order chi connectivity index (χ1) is 8.96. The number of fused-ring (bicyclic) bond motifs is 1. The lowest BCUT2D eigenvalue weighted by atomic mass is 9.99. The molecule has 1 aliphatic rings. The second-order valence-electron chi connectivity index (χ2n) is 4.95. The average Bonchev–Trinajstić information content (AvgIpc) is 2.75. The molecule has 3 nitrogen and oxygen atoms in total. The first kappa shape index (κ1) is 12.7. The van der Waals surface area contributed by atoms with Crippen LogP contribution in [0.5, 0.6) is 5.75 Å². The standard InChI is InChI=1S/C14H13BrN2OS/c1-14(2)6-5-8-10(15)4-3-9(12(8)18-14)11-7-19-13(16)17-11/h3-7H,1-2H3,(H2,16,17). The zero-order chi connectivity index (χ0) is 13.6. The van der Waals surface area contributed by atoms with E-state index in [1.165, 1.54) is 11.3 Å². The van der Waals surface area contributed by atoms with Crippen molar-refractivity contribution >= 4 is 38.5 Å². The Balaban J connectivity index is 2.21. The third-order valence-electron chi connectivity index (χ3n) is 2.96. The predicted molar refractivity (Wildman–Crippen MR) is 83.4 cm³/mol. The van der Waals surface area contributed by atoms with Crippen LogP contribution in [0.25, 0.3) is 17.3 Å². The summed E-state index contributed by atoms with van der Waals surface area (Å²) < 4.78 is 7.12. The number of nitrogen functional groups attached to an aromatic ring is 1. The fourth-order valence-electron chi connectivity index (χ4n) is 2.03. The lowest BCUT2D eigenvalue weighted by molar-refractivity contribution is 0.160. The van der Waals surface area contributed by atoms with Crippen molar-refractivity contribution in [2.45, 2.75) is 19.4 Å². The maximum atomic E-state index is 6.10. The van der Waals surface area contributed by atoms with E-state index in [1.54, 1.807) is 0 Å². The second-order valence-corrected chi connectivity index (χ2v) is 6.69. The van der Waals surface area contributed by atoms with Crippen LogP contribution in [0.15, 0.2) is 28.1 Å². The number of hydrogen-bond donors (Lipinski definition) is 1. The third kappa shape index (κ3) is 2.28. The number of ether oxygens (including phenoxy) is 1. The number of nitrogens with two attached hydrogens (primary N) is 1. The van der Waals surface area contributed by atoms with Crippen LogP contribution >= 0.6 is 27.3 Å². The highest BCUT2D eigenvalue weighted by Gasteiger charge is 2.26. The molecule has 1 aromatic heterocycles. The summed E-state index contributed by atoms with van der Waals surface area (Å²) >= 11 is 4.99. The molecule has 5 heteroatoms. The average molecular weight is 337 g/mol. The van der Waals surface area contributed by atoms with E-state index in [-0.39, 0.29) is 5.60 Å². The predicted octanol–water partition coefficient (Wildman–Crippen LogP) is 4.34. The van der Waals surface area contributed by atoms with Crippen molar-refractivity contribution in [3.8, 4) is 17.0 Å². The van der Waals surface area contributed by atoms with E-state index in [2.05, 4.69) is 33.1 Å². The van der Waals surface area contributed by atoms with Gasteiger partial charge in [-0.3, -0.25) is 0 Å². The van der Waals surface area contributed by atoms with E-state index in [9.17, 15) is 0 Å². The van der Waals surface area contributed by atoms with Crippen LogP contribution < -0.4 is 10.5 Å². The van der Waals surface area contributed by atoms with Gasteiger partial charge >= 0.3 is 0 Å². The zero-order valence-corrected chi connectivity index (χ0v) is 13.0. The molecular weight excluding hydrogens is 324 g/mol. The Bertz CT molecular complexity index is 676. The smallest absolute Gasteiger partial charge is 0.180 e. The summed E-state index contributed by atoms with van der Waals surface area (Å²) in [6.07, 6.45) is 4.14. The molecule has 19 heavy (non-hydrogen) atoms.